The molecule has 1 aromatic carbocycles. The highest BCUT2D eigenvalue weighted by Crippen LogP contribution is 2.24. The number of nitrogen functional groups attached to an aromatic ring is 1. The number of anilines is 1. The Morgan fingerprint density at radius 2 is 2.24 bits per heavy atom. The van der Waals surface area contributed by atoms with Gasteiger partial charge in [0.05, 0.1) is 13.2 Å². The molecular formula is C13H19FN2O. The Morgan fingerprint density at radius 1 is 1.47 bits per heavy atom. The van der Waals surface area contributed by atoms with Crippen LogP contribution >= 0.6 is 0 Å². The maximum absolute atomic E-state index is 13.2. The van der Waals surface area contributed by atoms with E-state index in [0.29, 0.717) is 18.8 Å². The molecule has 0 unspecified atom stereocenters. The highest BCUT2D eigenvalue weighted by atomic mass is 19.1. The molecule has 94 valence electrons. The molecule has 4 heteroatoms. The molecule has 0 bridgehead atoms. The molecule has 0 aliphatic carbocycles. The molecule has 0 saturated carbocycles. The molecule has 0 atom stereocenters. The standard InChI is InChI=1S/C13H19FN2O/c1-13(2)9-17-6-5-16(13)8-10-7-11(14)3-4-12(10)15/h3-4,7H,5-6,8-9,15H2,1-2H3. The van der Waals surface area contributed by atoms with Gasteiger partial charge in [-0.3, -0.25) is 4.90 Å². The molecule has 1 heterocycles. The van der Waals surface area contributed by atoms with Gasteiger partial charge in [0.1, 0.15) is 5.82 Å². The molecule has 1 aliphatic rings. The van der Waals surface area contributed by atoms with Crippen LogP contribution in [0.1, 0.15) is 19.4 Å². The monoisotopic (exact) mass is 238 g/mol. The molecule has 0 aromatic heterocycles. The van der Waals surface area contributed by atoms with E-state index in [1.807, 2.05) is 0 Å². The summed E-state index contributed by atoms with van der Waals surface area (Å²) in [6.45, 7) is 7.19. The summed E-state index contributed by atoms with van der Waals surface area (Å²) in [6, 6.07) is 4.53. The van der Waals surface area contributed by atoms with Gasteiger partial charge in [-0.15, -0.1) is 0 Å². The van der Waals surface area contributed by atoms with E-state index in [1.54, 1.807) is 6.07 Å². The molecule has 0 spiro atoms. The maximum Gasteiger partial charge on any atom is 0.123 e. The molecule has 1 saturated heterocycles. The molecule has 2 rings (SSSR count). The van der Waals surface area contributed by atoms with E-state index < -0.39 is 0 Å². The number of benzene rings is 1. The van der Waals surface area contributed by atoms with Crippen molar-refractivity contribution < 1.29 is 9.13 Å². The summed E-state index contributed by atoms with van der Waals surface area (Å²) < 4.78 is 18.7. The fraction of sp³-hybridized carbons (Fsp3) is 0.538. The number of halogens is 1. The second kappa shape index (κ2) is 4.63. The summed E-state index contributed by atoms with van der Waals surface area (Å²) in [5.41, 5.74) is 7.33. The van der Waals surface area contributed by atoms with Gasteiger partial charge in [0.2, 0.25) is 0 Å². The number of nitrogens with two attached hydrogens (primary N) is 1. The Hall–Kier alpha value is -1.13. The zero-order valence-corrected chi connectivity index (χ0v) is 10.4. The van der Waals surface area contributed by atoms with Crippen molar-refractivity contribution in [1.29, 1.82) is 0 Å². The van der Waals surface area contributed by atoms with Crippen molar-refractivity contribution in [1.82, 2.24) is 4.90 Å². The average molecular weight is 238 g/mol. The van der Waals surface area contributed by atoms with Crippen molar-refractivity contribution in [2.45, 2.75) is 25.9 Å². The van der Waals surface area contributed by atoms with Crippen LogP contribution in [0.4, 0.5) is 10.1 Å². The second-order valence-electron chi connectivity index (χ2n) is 5.13. The predicted octanol–water partition coefficient (Wildman–Crippen LogP) is 2.02. The lowest BCUT2D eigenvalue weighted by molar-refractivity contribution is -0.0552. The number of rotatable bonds is 2. The fourth-order valence-electron chi connectivity index (χ4n) is 2.10. The van der Waals surface area contributed by atoms with Crippen molar-refractivity contribution in [2.24, 2.45) is 0 Å². The number of ether oxygens (including phenoxy) is 1. The Bertz CT molecular complexity index is 406. The Balaban J connectivity index is 2.16. The van der Waals surface area contributed by atoms with Gasteiger partial charge in [-0.2, -0.15) is 0 Å². The number of morpholine rings is 1. The molecule has 3 nitrogen and oxygen atoms in total. The van der Waals surface area contributed by atoms with Crippen molar-refractivity contribution in [3.63, 3.8) is 0 Å². The lowest BCUT2D eigenvalue weighted by atomic mass is 10.0. The maximum atomic E-state index is 13.2. The van der Waals surface area contributed by atoms with Gasteiger partial charge in [-0.1, -0.05) is 0 Å². The first-order chi connectivity index (χ1) is 7.99. The predicted molar refractivity (Wildman–Crippen MR) is 66.1 cm³/mol. The minimum atomic E-state index is -0.236. The average Bonchev–Trinajstić information content (AvgIpc) is 2.26. The minimum Gasteiger partial charge on any atom is -0.398 e. The summed E-state index contributed by atoms with van der Waals surface area (Å²) in [5, 5.41) is 0. The van der Waals surface area contributed by atoms with Crippen molar-refractivity contribution in [2.75, 3.05) is 25.5 Å². The smallest absolute Gasteiger partial charge is 0.123 e. The largest absolute Gasteiger partial charge is 0.398 e. The first-order valence-corrected chi connectivity index (χ1v) is 5.86. The molecular weight excluding hydrogens is 219 g/mol. The van der Waals surface area contributed by atoms with Gasteiger partial charge in [0, 0.05) is 24.3 Å². The van der Waals surface area contributed by atoms with Gasteiger partial charge in [0.25, 0.3) is 0 Å². The topological polar surface area (TPSA) is 38.5 Å². The van der Waals surface area contributed by atoms with Gasteiger partial charge in [0.15, 0.2) is 0 Å². The highest BCUT2D eigenvalue weighted by molar-refractivity contribution is 5.46. The van der Waals surface area contributed by atoms with E-state index in [-0.39, 0.29) is 11.4 Å². The van der Waals surface area contributed by atoms with E-state index in [9.17, 15) is 4.39 Å². The van der Waals surface area contributed by atoms with Gasteiger partial charge >= 0.3 is 0 Å². The van der Waals surface area contributed by atoms with Crippen molar-refractivity contribution in [3.8, 4) is 0 Å². The van der Waals surface area contributed by atoms with E-state index >= 15 is 0 Å². The number of hydrogen-bond donors (Lipinski definition) is 1. The van der Waals surface area contributed by atoms with Crippen LogP contribution in [0.5, 0.6) is 0 Å². The van der Waals surface area contributed by atoms with Crippen molar-refractivity contribution >= 4 is 5.69 Å². The third-order valence-electron chi connectivity index (χ3n) is 3.28. The third-order valence-corrected chi connectivity index (χ3v) is 3.28. The molecule has 2 N–H and O–H groups in total. The molecule has 1 aliphatic heterocycles. The highest BCUT2D eigenvalue weighted by Gasteiger charge is 2.30. The Labute approximate surface area is 101 Å². The summed E-state index contributed by atoms with van der Waals surface area (Å²) in [6.07, 6.45) is 0. The van der Waals surface area contributed by atoms with Gasteiger partial charge < -0.3 is 10.5 Å². The van der Waals surface area contributed by atoms with Crippen LogP contribution < -0.4 is 5.73 Å². The number of hydrogen-bond acceptors (Lipinski definition) is 3. The first-order valence-electron chi connectivity index (χ1n) is 5.86. The zero-order chi connectivity index (χ0) is 12.5. The normalized spacial score (nSPS) is 20.4. The van der Waals surface area contributed by atoms with Crippen LogP contribution in [0.15, 0.2) is 18.2 Å². The van der Waals surface area contributed by atoms with Crippen LogP contribution in [0.25, 0.3) is 0 Å². The Morgan fingerprint density at radius 3 is 2.94 bits per heavy atom. The van der Waals surface area contributed by atoms with Crippen molar-refractivity contribution in [3.05, 3.63) is 29.6 Å². The quantitative estimate of drug-likeness (QED) is 0.801. The molecule has 0 amide bonds. The minimum absolute atomic E-state index is 0.0307. The van der Waals surface area contributed by atoms with Gasteiger partial charge in [-0.25, -0.2) is 4.39 Å². The first kappa shape index (κ1) is 12.3. The van der Waals surface area contributed by atoms with E-state index in [0.717, 1.165) is 18.7 Å². The Kier molecular flexibility index (Phi) is 3.35. The van der Waals surface area contributed by atoms with Crippen LogP contribution in [-0.2, 0) is 11.3 Å². The number of nitrogens with zero attached hydrogens (tertiary/aromatic N) is 1. The molecule has 1 aromatic rings. The summed E-state index contributed by atoms with van der Waals surface area (Å²) in [7, 11) is 0. The lowest BCUT2D eigenvalue weighted by Crippen LogP contribution is -2.52. The van der Waals surface area contributed by atoms with E-state index in [1.165, 1.54) is 12.1 Å². The summed E-state index contributed by atoms with van der Waals surface area (Å²) in [5.74, 6) is -0.236. The summed E-state index contributed by atoms with van der Waals surface area (Å²) >= 11 is 0. The molecule has 17 heavy (non-hydrogen) atoms. The van der Waals surface area contributed by atoms with Crippen LogP contribution in [0.2, 0.25) is 0 Å². The molecule has 1 fully saturated rings. The van der Waals surface area contributed by atoms with E-state index in [4.69, 9.17) is 10.5 Å². The SMILES string of the molecule is CC1(C)COCCN1Cc1cc(F)ccc1N. The zero-order valence-electron chi connectivity index (χ0n) is 10.4. The summed E-state index contributed by atoms with van der Waals surface area (Å²) in [4.78, 5) is 2.28. The van der Waals surface area contributed by atoms with Crippen LogP contribution in [-0.4, -0.2) is 30.2 Å². The molecule has 0 radical (unpaired) electrons. The second-order valence-corrected chi connectivity index (χ2v) is 5.13. The van der Waals surface area contributed by atoms with Crippen LogP contribution in [0.3, 0.4) is 0 Å². The fourth-order valence-corrected chi connectivity index (χ4v) is 2.10. The third kappa shape index (κ3) is 2.76. The lowest BCUT2D eigenvalue weighted by Gasteiger charge is -2.42. The van der Waals surface area contributed by atoms with Gasteiger partial charge in [-0.05, 0) is 37.6 Å². The van der Waals surface area contributed by atoms with E-state index in [2.05, 4.69) is 18.7 Å². The van der Waals surface area contributed by atoms with Crippen LogP contribution in [0, 0.1) is 5.82 Å².